The van der Waals surface area contributed by atoms with E-state index in [4.69, 9.17) is 23.2 Å². The first-order valence-electron chi connectivity index (χ1n) is 7.20. The summed E-state index contributed by atoms with van der Waals surface area (Å²) in [5.74, 6) is 0. The molecule has 2 aromatic rings. The minimum atomic E-state index is 0.283. The highest BCUT2D eigenvalue weighted by Gasteiger charge is 2.21. The number of halogens is 2. The molecule has 0 radical (unpaired) electrons. The van der Waals surface area contributed by atoms with Gasteiger partial charge in [-0.15, -0.1) is 0 Å². The Labute approximate surface area is 135 Å². The Morgan fingerprint density at radius 2 is 1.29 bits per heavy atom. The zero-order valence-corrected chi connectivity index (χ0v) is 13.2. The highest BCUT2D eigenvalue weighted by atomic mass is 35.5. The van der Waals surface area contributed by atoms with Gasteiger partial charge in [-0.3, -0.25) is 0 Å². The molecule has 0 amide bonds. The minimum Gasteiger partial charge on any atom is -0.315 e. The van der Waals surface area contributed by atoms with Crippen LogP contribution in [-0.2, 0) is 0 Å². The van der Waals surface area contributed by atoms with Crippen molar-refractivity contribution in [1.82, 2.24) is 10.6 Å². The summed E-state index contributed by atoms with van der Waals surface area (Å²) in [5.41, 5.74) is 2.54. The van der Waals surface area contributed by atoms with E-state index in [1.54, 1.807) is 0 Å². The smallest absolute Gasteiger partial charge is 0.0451 e. The van der Waals surface area contributed by atoms with E-state index in [1.807, 2.05) is 24.3 Å². The lowest BCUT2D eigenvalue weighted by Gasteiger charge is -2.23. The largest absolute Gasteiger partial charge is 0.315 e. The van der Waals surface area contributed by atoms with Crippen molar-refractivity contribution in [2.24, 2.45) is 0 Å². The Morgan fingerprint density at radius 3 is 1.86 bits per heavy atom. The number of nitrogens with one attached hydrogen (secondary N) is 2. The van der Waals surface area contributed by atoms with Gasteiger partial charge in [0.15, 0.2) is 0 Å². The fraction of sp³-hybridized carbons (Fsp3) is 0.294. The Kier molecular flexibility index (Phi) is 4.81. The van der Waals surface area contributed by atoms with E-state index >= 15 is 0 Å². The molecule has 2 atom stereocenters. The molecule has 3 rings (SSSR count). The summed E-state index contributed by atoms with van der Waals surface area (Å²) < 4.78 is 0. The molecule has 21 heavy (non-hydrogen) atoms. The van der Waals surface area contributed by atoms with E-state index in [9.17, 15) is 0 Å². The van der Waals surface area contributed by atoms with Crippen molar-refractivity contribution in [3.8, 4) is 0 Å². The summed E-state index contributed by atoms with van der Waals surface area (Å²) in [6.45, 7) is 1.93. The number of benzene rings is 2. The third kappa shape index (κ3) is 3.78. The van der Waals surface area contributed by atoms with Crippen molar-refractivity contribution in [1.29, 1.82) is 0 Å². The van der Waals surface area contributed by atoms with Gasteiger partial charge in [-0.1, -0.05) is 47.5 Å². The number of rotatable bonds is 2. The van der Waals surface area contributed by atoms with Crippen LogP contribution in [0, 0.1) is 0 Å². The summed E-state index contributed by atoms with van der Waals surface area (Å²) >= 11 is 12.0. The molecule has 1 aliphatic heterocycles. The van der Waals surface area contributed by atoms with Crippen LogP contribution < -0.4 is 10.6 Å². The van der Waals surface area contributed by atoms with E-state index in [2.05, 4.69) is 34.9 Å². The molecule has 0 aliphatic carbocycles. The van der Waals surface area contributed by atoms with Crippen LogP contribution in [0.5, 0.6) is 0 Å². The van der Waals surface area contributed by atoms with Crippen molar-refractivity contribution < 1.29 is 0 Å². The lowest BCUT2D eigenvalue weighted by Crippen LogP contribution is -2.29. The Balaban J connectivity index is 1.80. The molecule has 0 aromatic heterocycles. The van der Waals surface area contributed by atoms with Crippen LogP contribution in [0.1, 0.15) is 29.6 Å². The molecule has 1 aliphatic rings. The van der Waals surface area contributed by atoms with Gasteiger partial charge in [0.25, 0.3) is 0 Å². The number of hydrogen-bond acceptors (Lipinski definition) is 2. The van der Waals surface area contributed by atoms with E-state index < -0.39 is 0 Å². The van der Waals surface area contributed by atoms with Gasteiger partial charge in [0, 0.05) is 28.7 Å². The molecule has 0 spiro atoms. The summed E-state index contributed by atoms with van der Waals surface area (Å²) in [4.78, 5) is 0. The second-order valence-electron chi connectivity index (χ2n) is 5.37. The molecule has 2 N–H and O–H groups in total. The van der Waals surface area contributed by atoms with Gasteiger partial charge in [0.05, 0.1) is 0 Å². The second-order valence-corrected chi connectivity index (χ2v) is 6.24. The lowest BCUT2D eigenvalue weighted by atomic mass is 10.0. The normalized spacial score (nSPS) is 22.8. The van der Waals surface area contributed by atoms with E-state index in [1.165, 1.54) is 11.1 Å². The van der Waals surface area contributed by atoms with Gasteiger partial charge in [0.2, 0.25) is 0 Å². The third-order valence-corrected chi connectivity index (χ3v) is 4.41. The fourth-order valence-corrected chi connectivity index (χ4v) is 3.00. The molecule has 1 heterocycles. The van der Waals surface area contributed by atoms with Crippen molar-refractivity contribution >= 4 is 23.2 Å². The van der Waals surface area contributed by atoms with E-state index in [-0.39, 0.29) is 6.04 Å². The standard InChI is InChI=1S/C17H18Cl2N2/c18-14-5-1-12(2-6-14)16-9-10-20-11-17(21-16)13-3-7-15(19)8-4-13/h1-8,16-17,20-21H,9-11H2. The van der Waals surface area contributed by atoms with Crippen LogP contribution in [0.25, 0.3) is 0 Å². The topological polar surface area (TPSA) is 24.1 Å². The van der Waals surface area contributed by atoms with Gasteiger partial charge < -0.3 is 10.6 Å². The maximum absolute atomic E-state index is 5.98. The predicted molar refractivity (Wildman–Crippen MR) is 89.0 cm³/mol. The molecule has 2 unspecified atom stereocenters. The summed E-state index contributed by atoms with van der Waals surface area (Å²) in [6, 6.07) is 16.8. The monoisotopic (exact) mass is 320 g/mol. The minimum absolute atomic E-state index is 0.283. The highest BCUT2D eigenvalue weighted by molar-refractivity contribution is 6.30. The average Bonchev–Trinajstić information content (AvgIpc) is 2.75. The SMILES string of the molecule is Clc1ccc(C2CCNCC(c3ccc(Cl)cc3)N2)cc1. The van der Waals surface area contributed by atoms with E-state index in [0.29, 0.717) is 6.04 Å². The van der Waals surface area contributed by atoms with Gasteiger partial charge >= 0.3 is 0 Å². The summed E-state index contributed by atoms with van der Waals surface area (Å²) in [6.07, 6.45) is 1.06. The first kappa shape index (κ1) is 14.9. The number of hydrogen-bond donors (Lipinski definition) is 2. The molecule has 1 fully saturated rings. The van der Waals surface area contributed by atoms with Crippen LogP contribution in [-0.4, -0.2) is 13.1 Å². The quantitative estimate of drug-likeness (QED) is 0.859. The van der Waals surface area contributed by atoms with Gasteiger partial charge in [0.1, 0.15) is 0 Å². The molecule has 4 heteroatoms. The molecule has 110 valence electrons. The first-order chi connectivity index (χ1) is 10.2. The van der Waals surface area contributed by atoms with Crippen LogP contribution in [0.3, 0.4) is 0 Å². The summed E-state index contributed by atoms with van der Waals surface area (Å²) in [7, 11) is 0. The first-order valence-corrected chi connectivity index (χ1v) is 7.95. The van der Waals surface area contributed by atoms with Crippen molar-refractivity contribution in [2.45, 2.75) is 18.5 Å². The predicted octanol–water partition coefficient (Wildman–Crippen LogP) is 4.36. The maximum Gasteiger partial charge on any atom is 0.0451 e. The molecule has 0 bridgehead atoms. The van der Waals surface area contributed by atoms with E-state index in [0.717, 1.165) is 29.6 Å². The Morgan fingerprint density at radius 1 is 0.762 bits per heavy atom. The van der Waals surface area contributed by atoms with Gasteiger partial charge in [-0.2, -0.15) is 0 Å². The van der Waals surface area contributed by atoms with Crippen molar-refractivity contribution in [3.63, 3.8) is 0 Å². The van der Waals surface area contributed by atoms with Gasteiger partial charge in [-0.05, 0) is 48.4 Å². The van der Waals surface area contributed by atoms with Gasteiger partial charge in [-0.25, -0.2) is 0 Å². The molecular formula is C17H18Cl2N2. The zero-order chi connectivity index (χ0) is 14.7. The highest BCUT2D eigenvalue weighted by Crippen LogP contribution is 2.26. The molecule has 1 saturated heterocycles. The van der Waals surface area contributed by atoms with Crippen molar-refractivity contribution in [2.75, 3.05) is 13.1 Å². The zero-order valence-electron chi connectivity index (χ0n) is 11.7. The third-order valence-electron chi connectivity index (χ3n) is 3.91. The molecule has 2 nitrogen and oxygen atoms in total. The van der Waals surface area contributed by atoms with Crippen molar-refractivity contribution in [3.05, 3.63) is 69.7 Å². The average molecular weight is 321 g/mol. The maximum atomic E-state index is 5.98. The Bertz CT molecular complexity index is 527. The Hall–Kier alpha value is -1.06. The summed E-state index contributed by atoms with van der Waals surface area (Å²) in [5, 5.41) is 8.79. The van der Waals surface area contributed by atoms with Crippen LogP contribution in [0.4, 0.5) is 0 Å². The molecular weight excluding hydrogens is 303 g/mol. The molecule has 2 aromatic carbocycles. The molecule has 0 saturated carbocycles. The van der Waals surface area contributed by atoms with Crippen LogP contribution in [0.2, 0.25) is 10.0 Å². The van der Waals surface area contributed by atoms with Crippen LogP contribution >= 0.6 is 23.2 Å². The lowest BCUT2D eigenvalue weighted by molar-refractivity contribution is 0.467. The second kappa shape index (κ2) is 6.80. The fourth-order valence-electron chi connectivity index (χ4n) is 2.75. The van der Waals surface area contributed by atoms with Crippen LogP contribution in [0.15, 0.2) is 48.5 Å².